The van der Waals surface area contributed by atoms with E-state index in [-0.39, 0.29) is 19.2 Å². The molecule has 0 fully saturated rings. The van der Waals surface area contributed by atoms with Crippen molar-refractivity contribution in [1.82, 2.24) is 10.2 Å². The Morgan fingerprint density at radius 2 is 1.52 bits per heavy atom. The monoisotopic (exact) mass is 696 g/mol. The van der Waals surface area contributed by atoms with Crippen LogP contribution in [0.25, 0.3) is 0 Å². The third kappa shape index (κ3) is 14.8. The van der Waals surface area contributed by atoms with Crippen LogP contribution in [0.5, 0.6) is 17.2 Å². The molecule has 0 aliphatic heterocycles. The zero-order valence-electron chi connectivity index (χ0n) is 31.2. The quantitative estimate of drug-likeness (QED) is 0.0555. The number of amides is 1. The molecule has 0 aliphatic carbocycles. The van der Waals surface area contributed by atoms with Gasteiger partial charge in [0.15, 0.2) is 18.1 Å². The summed E-state index contributed by atoms with van der Waals surface area (Å²) in [5.41, 5.74) is 1.46. The van der Waals surface area contributed by atoms with E-state index in [1.54, 1.807) is 14.2 Å². The van der Waals surface area contributed by atoms with Gasteiger partial charge in [-0.2, -0.15) is 5.26 Å². The molecule has 0 aliphatic rings. The summed E-state index contributed by atoms with van der Waals surface area (Å²) in [4.78, 5) is 29.1. The molecule has 0 aromatic heterocycles. The standard InChI is InChI=1S/C39H60N4O7/c1-7-8-9-10-11-12-13-14-15-16-24-39(30-40,34-20-23-36(47-5)37(27-34)48-6)25-17-26-42(4)32(3)33-18-21-35(22-19-33)49-29-38(44)41-28-31(2)50-43(45)46/h18-23,27,31-32H,7-17,24-26,28-29H2,1-6H3,(H,41,44). The Morgan fingerprint density at radius 3 is 2.10 bits per heavy atom. The minimum atomic E-state index is -0.882. The zero-order valence-corrected chi connectivity index (χ0v) is 31.2. The van der Waals surface area contributed by atoms with E-state index in [1.165, 1.54) is 58.3 Å². The van der Waals surface area contributed by atoms with E-state index in [0.717, 1.165) is 49.8 Å². The van der Waals surface area contributed by atoms with Crippen LogP contribution in [0.2, 0.25) is 0 Å². The number of ether oxygens (including phenoxy) is 3. The molecule has 0 saturated carbocycles. The van der Waals surface area contributed by atoms with E-state index in [1.807, 2.05) is 42.5 Å². The summed E-state index contributed by atoms with van der Waals surface area (Å²) in [6, 6.07) is 16.4. The lowest BCUT2D eigenvalue weighted by Crippen LogP contribution is -2.36. The van der Waals surface area contributed by atoms with Crippen molar-refractivity contribution in [3.05, 3.63) is 63.7 Å². The van der Waals surface area contributed by atoms with E-state index in [4.69, 9.17) is 14.2 Å². The van der Waals surface area contributed by atoms with Gasteiger partial charge >= 0.3 is 0 Å². The molecule has 2 aromatic rings. The number of unbranched alkanes of at least 4 members (excludes halogenated alkanes) is 9. The highest BCUT2D eigenvalue weighted by Gasteiger charge is 2.33. The summed E-state index contributed by atoms with van der Waals surface area (Å²) in [7, 11) is 5.35. The first-order chi connectivity index (χ1) is 24.1. The number of carbonyl (C=O) groups excluding carboxylic acids is 1. The number of methoxy groups -OCH3 is 2. The van der Waals surface area contributed by atoms with Crippen LogP contribution in [0.3, 0.4) is 0 Å². The second-order valence-electron chi connectivity index (χ2n) is 13.3. The minimum absolute atomic E-state index is 0.00897. The van der Waals surface area contributed by atoms with Gasteiger partial charge in [0.25, 0.3) is 11.0 Å². The normalized spacial score (nSPS) is 13.5. The van der Waals surface area contributed by atoms with E-state index in [2.05, 4.69) is 42.0 Å². The van der Waals surface area contributed by atoms with Gasteiger partial charge in [-0.05, 0) is 82.1 Å². The van der Waals surface area contributed by atoms with Crippen LogP contribution >= 0.6 is 0 Å². The second-order valence-corrected chi connectivity index (χ2v) is 13.3. The van der Waals surface area contributed by atoms with E-state index >= 15 is 0 Å². The molecule has 1 N–H and O–H groups in total. The molecule has 278 valence electrons. The maximum Gasteiger partial charge on any atom is 0.294 e. The molecule has 0 spiro atoms. The summed E-state index contributed by atoms with van der Waals surface area (Å²) in [6.45, 7) is 6.51. The first-order valence-electron chi connectivity index (χ1n) is 18.2. The predicted octanol–water partition coefficient (Wildman–Crippen LogP) is 8.34. The van der Waals surface area contributed by atoms with Crippen LogP contribution in [0.4, 0.5) is 0 Å². The summed E-state index contributed by atoms with van der Waals surface area (Å²) in [6.07, 6.45) is 14.2. The van der Waals surface area contributed by atoms with E-state index in [0.29, 0.717) is 17.2 Å². The Morgan fingerprint density at radius 1 is 0.920 bits per heavy atom. The highest BCUT2D eigenvalue weighted by Crippen LogP contribution is 2.39. The molecular formula is C39H60N4O7. The van der Waals surface area contributed by atoms with Gasteiger partial charge in [0, 0.05) is 12.6 Å². The Hall–Kier alpha value is -4.04. The van der Waals surface area contributed by atoms with Crippen LogP contribution in [-0.2, 0) is 15.0 Å². The van der Waals surface area contributed by atoms with Crippen LogP contribution in [-0.4, -0.2) is 63.0 Å². The number of hydrogen-bond donors (Lipinski definition) is 1. The smallest absolute Gasteiger partial charge is 0.294 e. The molecule has 1 amide bonds. The highest BCUT2D eigenvalue weighted by molar-refractivity contribution is 5.77. The molecule has 3 atom stereocenters. The summed E-state index contributed by atoms with van der Waals surface area (Å²) in [5.74, 6) is 1.46. The predicted molar refractivity (Wildman–Crippen MR) is 196 cm³/mol. The maximum atomic E-state index is 12.1. The van der Waals surface area contributed by atoms with Gasteiger partial charge in [0.2, 0.25) is 0 Å². The van der Waals surface area contributed by atoms with Crippen molar-refractivity contribution in [3.63, 3.8) is 0 Å². The fourth-order valence-electron chi connectivity index (χ4n) is 6.20. The largest absolute Gasteiger partial charge is 0.493 e. The molecule has 50 heavy (non-hydrogen) atoms. The lowest BCUT2D eigenvalue weighted by Gasteiger charge is -2.30. The number of benzene rings is 2. The van der Waals surface area contributed by atoms with Gasteiger partial charge < -0.3 is 24.4 Å². The molecule has 11 nitrogen and oxygen atoms in total. The SMILES string of the molecule is CCCCCCCCCCCCC(C#N)(CCCN(C)C(C)c1ccc(OCC(=O)NCC(C)O[N+](=O)[O-])cc1)c1ccc(OC)c(OC)c1. The fraction of sp³-hybridized carbons (Fsp3) is 0.641. The number of carbonyl (C=O) groups is 1. The van der Waals surface area contributed by atoms with E-state index < -0.39 is 22.5 Å². The molecule has 11 heteroatoms. The number of nitrogens with zero attached hydrogens (tertiary/aromatic N) is 3. The first-order valence-corrected chi connectivity index (χ1v) is 18.2. The number of nitrogens with one attached hydrogen (secondary N) is 1. The molecule has 0 heterocycles. The Balaban J connectivity index is 1.95. The van der Waals surface area contributed by atoms with Crippen molar-refractivity contribution in [3.8, 4) is 23.3 Å². The molecule has 2 aromatic carbocycles. The first kappa shape index (κ1) is 42.1. The third-order valence-corrected chi connectivity index (χ3v) is 9.47. The van der Waals surface area contributed by atoms with Gasteiger partial charge in [0.1, 0.15) is 11.9 Å². The topological polar surface area (TPSA) is 136 Å². The van der Waals surface area contributed by atoms with Crippen LogP contribution < -0.4 is 19.5 Å². The molecule has 0 saturated heterocycles. The van der Waals surface area contributed by atoms with Crippen LogP contribution in [0.15, 0.2) is 42.5 Å². The van der Waals surface area contributed by atoms with Crippen LogP contribution in [0, 0.1) is 21.4 Å². The fourth-order valence-corrected chi connectivity index (χ4v) is 6.20. The number of rotatable bonds is 27. The van der Waals surface area contributed by atoms with Crippen LogP contribution in [0.1, 0.15) is 121 Å². The lowest BCUT2D eigenvalue weighted by molar-refractivity contribution is -0.767. The van der Waals surface area contributed by atoms with Crippen molar-refractivity contribution >= 4 is 5.91 Å². The van der Waals surface area contributed by atoms with Gasteiger partial charge in [-0.3, -0.25) is 9.69 Å². The maximum absolute atomic E-state index is 12.1. The Labute approximate surface area is 299 Å². The van der Waals surface area contributed by atoms with Crippen molar-refractivity contribution < 1.29 is 28.9 Å². The lowest BCUT2D eigenvalue weighted by atomic mass is 9.74. The minimum Gasteiger partial charge on any atom is -0.493 e. The second kappa shape index (κ2) is 23.4. The van der Waals surface area contributed by atoms with Crippen molar-refractivity contribution in [2.24, 2.45) is 0 Å². The van der Waals surface area contributed by atoms with Crippen molar-refractivity contribution in [1.29, 1.82) is 5.26 Å². The van der Waals surface area contributed by atoms with Gasteiger partial charge in [-0.15, -0.1) is 10.1 Å². The van der Waals surface area contributed by atoms with Gasteiger partial charge in [-0.1, -0.05) is 89.3 Å². The molecule has 0 bridgehead atoms. The molecule has 3 unspecified atom stereocenters. The van der Waals surface area contributed by atoms with Crippen molar-refractivity contribution in [2.45, 2.75) is 122 Å². The highest BCUT2D eigenvalue weighted by atomic mass is 17.0. The zero-order chi connectivity index (χ0) is 36.8. The Kier molecular flexibility index (Phi) is 19.7. The molecule has 0 radical (unpaired) electrons. The number of hydrogen-bond acceptors (Lipinski definition) is 9. The third-order valence-electron chi connectivity index (χ3n) is 9.47. The van der Waals surface area contributed by atoms with Gasteiger partial charge in [-0.25, -0.2) is 0 Å². The molecular weight excluding hydrogens is 636 g/mol. The average molecular weight is 697 g/mol. The summed E-state index contributed by atoms with van der Waals surface area (Å²) >= 11 is 0. The van der Waals surface area contributed by atoms with Gasteiger partial charge in [0.05, 0.1) is 25.7 Å². The van der Waals surface area contributed by atoms with Crippen molar-refractivity contribution in [2.75, 3.05) is 41.0 Å². The summed E-state index contributed by atoms with van der Waals surface area (Å²) in [5, 5.41) is 22.8. The Bertz CT molecular complexity index is 1320. The van der Waals surface area contributed by atoms with E-state index in [9.17, 15) is 20.2 Å². The average Bonchev–Trinajstić information content (AvgIpc) is 3.12. The number of nitriles is 1. The summed E-state index contributed by atoms with van der Waals surface area (Å²) < 4.78 is 16.7. The molecule has 2 rings (SSSR count).